The van der Waals surface area contributed by atoms with E-state index in [0.29, 0.717) is 29.9 Å². The lowest BCUT2D eigenvalue weighted by atomic mass is 9.53. The Labute approximate surface area is 182 Å². The molecule has 5 atom stereocenters. The second-order valence-corrected chi connectivity index (χ2v) is 9.63. The molecule has 2 saturated carbocycles. The number of benzene rings is 2. The van der Waals surface area contributed by atoms with Gasteiger partial charge in [0.2, 0.25) is 0 Å². The average Bonchev–Trinajstić information content (AvgIpc) is 3.05. The summed E-state index contributed by atoms with van der Waals surface area (Å²) in [5.74, 6) is 5.63. The summed E-state index contributed by atoms with van der Waals surface area (Å²) in [5, 5.41) is 21.9. The molecule has 0 amide bonds. The number of aliphatic hydroxyl groups is 1. The quantitative estimate of drug-likeness (QED) is 0.400. The van der Waals surface area contributed by atoms with E-state index in [1.165, 1.54) is 23.3 Å². The minimum absolute atomic E-state index is 0.0526. The third kappa shape index (κ3) is 3.04. The normalized spacial score (nSPS) is 33.5. The minimum Gasteiger partial charge on any atom is -0.457 e. The largest absolute Gasteiger partial charge is 0.457 e. The van der Waals surface area contributed by atoms with Gasteiger partial charge in [-0.05, 0) is 91.7 Å². The maximum absolute atomic E-state index is 11.1. The molecule has 0 radical (unpaired) electrons. The molecule has 0 unspecified atom stereocenters. The topological polar surface area (TPSA) is 72.6 Å². The van der Waals surface area contributed by atoms with Gasteiger partial charge in [-0.3, -0.25) is 10.1 Å². The van der Waals surface area contributed by atoms with Crippen molar-refractivity contribution in [2.24, 2.45) is 17.3 Å². The predicted octanol–water partition coefficient (Wildman–Crippen LogP) is 5.61. The first-order valence-corrected chi connectivity index (χ1v) is 11.1. The highest BCUT2D eigenvalue weighted by molar-refractivity contribution is 5.44. The number of fused-ring (bicyclic) bond motifs is 5. The summed E-state index contributed by atoms with van der Waals surface area (Å²) in [7, 11) is 0. The average molecular weight is 418 g/mol. The van der Waals surface area contributed by atoms with E-state index in [9.17, 15) is 15.2 Å². The zero-order chi connectivity index (χ0) is 21.8. The predicted molar refractivity (Wildman–Crippen MR) is 118 cm³/mol. The van der Waals surface area contributed by atoms with Gasteiger partial charge in [-0.25, -0.2) is 0 Å². The van der Waals surface area contributed by atoms with Crippen molar-refractivity contribution in [2.75, 3.05) is 0 Å². The standard InChI is InChI=1S/C26H27NO4/c1-3-26(28)15-13-24-23-10-4-17-16-20(31-19-7-5-18(6-8-19)27(29)30)9-11-21(17)22(23)12-14-25(24,26)2/h1,5-9,11,16,22-24,28H,4,10,12-15H2,2H3/t22-,23-,24-,25+,26+/m1/s1. The molecule has 0 aliphatic heterocycles. The van der Waals surface area contributed by atoms with Crippen LogP contribution in [0.15, 0.2) is 42.5 Å². The van der Waals surface area contributed by atoms with Crippen LogP contribution in [0.5, 0.6) is 11.5 Å². The molecule has 31 heavy (non-hydrogen) atoms. The molecule has 0 saturated heterocycles. The van der Waals surface area contributed by atoms with Crippen LogP contribution in [0, 0.1) is 39.7 Å². The highest BCUT2D eigenvalue weighted by Gasteiger charge is 2.61. The summed E-state index contributed by atoms with van der Waals surface area (Å²) in [6.07, 6.45) is 11.6. The van der Waals surface area contributed by atoms with Crippen molar-refractivity contribution in [1.82, 2.24) is 0 Å². The summed E-state index contributed by atoms with van der Waals surface area (Å²) >= 11 is 0. The lowest BCUT2D eigenvalue weighted by Crippen LogP contribution is -2.50. The third-order valence-corrected chi connectivity index (χ3v) is 8.37. The van der Waals surface area contributed by atoms with Crippen LogP contribution in [-0.4, -0.2) is 15.6 Å². The van der Waals surface area contributed by atoms with E-state index in [2.05, 4.69) is 25.0 Å². The van der Waals surface area contributed by atoms with Crippen LogP contribution in [-0.2, 0) is 6.42 Å². The summed E-state index contributed by atoms with van der Waals surface area (Å²) in [4.78, 5) is 10.4. The summed E-state index contributed by atoms with van der Waals surface area (Å²) in [6.45, 7) is 2.21. The van der Waals surface area contributed by atoms with Gasteiger partial charge in [-0.1, -0.05) is 18.9 Å². The molecule has 1 N–H and O–H groups in total. The Kier molecular flexibility index (Phi) is 4.60. The van der Waals surface area contributed by atoms with E-state index in [4.69, 9.17) is 11.2 Å². The number of aryl methyl sites for hydroxylation is 1. The van der Waals surface area contributed by atoms with Gasteiger partial charge < -0.3 is 9.84 Å². The van der Waals surface area contributed by atoms with Gasteiger partial charge in [-0.2, -0.15) is 0 Å². The van der Waals surface area contributed by atoms with Gasteiger partial charge in [0.15, 0.2) is 0 Å². The lowest BCUT2D eigenvalue weighted by molar-refractivity contribution is -0.384. The Balaban J connectivity index is 1.37. The Hall–Kier alpha value is -2.84. The van der Waals surface area contributed by atoms with Crippen LogP contribution in [0.3, 0.4) is 0 Å². The monoisotopic (exact) mass is 417 g/mol. The van der Waals surface area contributed by atoms with Crippen molar-refractivity contribution in [1.29, 1.82) is 0 Å². The molecule has 0 aromatic heterocycles. The molecular weight excluding hydrogens is 390 g/mol. The highest BCUT2D eigenvalue weighted by atomic mass is 16.6. The Morgan fingerprint density at radius 3 is 2.58 bits per heavy atom. The SMILES string of the molecule is C#C[C@]1(O)CC[C@@H]2[C@@H]3CCc4cc(Oc5ccc([N+](=O)[O-])cc5)ccc4[C@H]3CC[C@@]21C. The number of rotatable bonds is 3. The van der Waals surface area contributed by atoms with E-state index in [0.717, 1.165) is 37.9 Å². The molecule has 2 fully saturated rings. The van der Waals surface area contributed by atoms with E-state index < -0.39 is 10.5 Å². The van der Waals surface area contributed by atoms with Crippen molar-refractivity contribution in [3.8, 4) is 23.8 Å². The molecule has 5 heteroatoms. The van der Waals surface area contributed by atoms with Crippen molar-refractivity contribution in [2.45, 2.75) is 57.0 Å². The molecule has 2 aromatic carbocycles. The summed E-state index contributed by atoms with van der Waals surface area (Å²) in [6, 6.07) is 12.5. The van der Waals surface area contributed by atoms with Crippen LogP contribution in [0.4, 0.5) is 5.69 Å². The van der Waals surface area contributed by atoms with Crippen molar-refractivity contribution >= 4 is 5.69 Å². The van der Waals surface area contributed by atoms with Crippen molar-refractivity contribution < 1.29 is 14.8 Å². The lowest BCUT2D eigenvalue weighted by Gasteiger charge is -2.52. The number of terminal acetylenes is 1. The van der Waals surface area contributed by atoms with E-state index in [-0.39, 0.29) is 11.1 Å². The molecule has 5 rings (SSSR count). The summed E-state index contributed by atoms with van der Waals surface area (Å²) in [5.41, 5.74) is 1.64. The fourth-order valence-electron chi connectivity index (χ4n) is 6.65. The van der Waals surface area contributed by atoms with Crippen molar-refractivity contribution in [3.63, 3.8) is 0 Å². The molecule has 0 heterocycles. The first-order valence-electron chi connectivity index (χ1n) is 11.1. The minimum atomic E-state index is -0.967. The molecule has 5 nitrogen and oxygen atoms in total. The maximum Gasteiger partial charge on any atom is 0.269 e. The molecule has 2 aromatic rings. The Bertz CT molecular complexity index is 1070. The van der Waals surface area contributed by atoms with Crippen LogP contribution >= 0.6 is 0 Å². The number of nitro benzene ring substituents is 1. The maximum atomic E-state index is 11.1. The van der Waals surface area contributed by atoms with E-state index in [1.54, 1.807) is 12.1 Å². The van der Waals surface area contributed by atoms with Gasteiger partial charge in [0.1, 0.15) is 17.1 Å². The molecule has 0 spiro atoms. The second-order valence-electron chi connectivity index (χ2n) is 9.63. The molecular formula is C26H27NO4. The van der Waals surface area contributed by atoms with Gasteiger partial charge in [-0.15, -0.1) is 6.42 Å². The van der Waals surface area contributed by atoms with Crippen molar-refractivity contribution in [3.05, 3.63) is 63.7 Å². The first kappa shape index (κ1) is 20.1. The zero-order valence-electron chi connectivity index (χ0n) is 17.7. The van der Waals surface area contributed by atoms with Gasteiger partial charge in [0.25, 0.3) is 5.69 Å². The highest BCUT2D eigenvalue weighted by Crippen LogP contribution is 2.64. The van der Waals surface area contributed by atoms with Gasteiger partial charge in [0, 0.05) is 17.5 Å². The Morgan fingerprint density at radius 2 is 1.87 bits per heavy atom. The number of non-ortho nitro benzene ring substituents is 1. The van der Waals surface area contributed by atoms with E-state index in [1.807, 2.05) is 6.07 Å². The third-order valence-electron chi connectivity index (χ3n) is 8.37. The van der Waals surface area contributed by atoms with Gasteiger partial charge >= 0.3 is 0 Å². The smallest absolute Gasteiger partial charge is 0.269 e. The van der Waals surface area contributed by atoms with Crippen LogP contribution in [0.25, 0.3) is 0 Å². The number of nitrogens with zero attached hydrogens (tertiary/aromatic N) is 1. The number of hydrogen-bond acceptors (Lipinski definition) is 4. The number of nitro groups is 1. The fourth-order valence-corrected chi connectivity index (χ4v) is 6.65. The fraction of sp³-hybridized carbons (Fsp3) is 0.462. The zero-order valence-corrected chi connectivity index (χ0v) is 17.7. The number of hydrogen-bond donors (Lipinski definition) is 1. The molecule has 3 aliphatic rings. The van der Waals surface area contributed by atoms with Crippen LogP contribution in [0.1, 0.15) is 56.1 Å². The molecule has 160 valence electrons. The molecule has 0 bridgehead atoms. The summed E-state index contributed by atoms with van der Waals surface area (Å²) < 4.78 is 5.96. The molecule has 3 aliphatic carbocycles. The van der Waals surface area contributed by atoms with Crippen LogP contribution < -0.4 is 4.74 Å². The van der Waals surface area contributed by atoms with Gasteiger partial charge in [0.05, 0.1) is 4.92 Å². The van der Waals surface area contributed by atoms with E-state index >= 15 is 0 Å². The van der Waals surface area contributed by atoms with Crippen LogP contribution in [0.2, 0.25) is 0 Å². The first-order chi connectivity index (χ1) is 14.8. The second kappa shape index (κ2) is 7.10. The number of ether oxygens (including phenoxy) is 1. The Morgan fingerprint density at radius 1 is 1.13 bits per heavy atom.